The molecule has 0 bridgehead atoms. The zero-order valence-electron chi connectivity index (χ0n) is 10.8. The molecular weight excluding hydrogens is 246 g/mol. The molecule has 0 spiro atoms. The summed E-state index contributed by atoms with van der Waals surface area (Å²) in [5, 5.41) is 12.2. The fourth-order valence-electron chi connectivity index (χ4n) is 1.73. The highest BCUT2D eigenvalue weighted by atomic mass is 16.3. The molecule has 0 radical (unpaired) electrons. The molecule has 1 aliphatic rings. The fourth-order valence-corrected chi connectivity index (χ4v) is 1.73. The summed E-state index contributed by atoms with van der Waals surface area (Å²) in [5.41, 5.74) is -0.164. The molecule has 0 saturated carbocycles. The van der Waals surface area contributed by atoms with E-state index in [0.717, 1.165) is 10.5 Å². The molecule has 2 N–H and O–H groups in total. The van der Waals surface area contributed by atoms with Gasteiger partial charge in [-0.25, -0.2) is 4.79 Å². The number of nitrogens with one attached hydrogen (secondary N) is 1. The molecule has 3 amide bonds. The molecule has 0 aliphatic carbocycles. The van der Waals surface area contributed by atoms with E-state index in [1.165, 1.54) is 13.8 Å². The zero-order valence-corrected chi connectivity index (χ0v) is 10.8. The molecule has 19 heavy (non-hydrogen) atoms. The number of amides is 3. The van der Waals surface area contributed by atoms with Crippen LogP contribution < -0.4 is 5.32 Å². The molecule has 2 rings (SSSR count). The standard InChI is InChI=1S/C13H15N3O3/c1-13(2,19)8-16-11(17)10(15-12(16)18)7-9-3-5-14-6-4-9/h3-7,19H,8H2,1-2H3,(H,15,18)/b10-7-. The largest absolute Gasteiger partial charge is 0.389 e. The monoisotopic (exact) mass is 261 g/mol. The summed E-state index contributed by atoms with van der Waals surface area (Å²) in [7, 11) is 0. The zero-order chi connectivity index (χ0) is 14.0. The van der Waals surface area contributed by atoms with Gasteiger partial charge in [0.1, 0.15) is 5.70 Å². The van der Waals surface area contributed by atoms with Crippen molar-refractivity contribution in [2.45, 2.75) is 19.4 Å². The second-order valence-electron chi connectivity index (χ2n) is 4.97. The Hall–Kier alpha value is -2.21. The van der Waals surface area contributed by atoms with Gasteiger partial charge in [0, 0.05) is 12.4 Å². The van der Waals surface area contributed by atoms with Crippen LogP contribution in [0.5, 0.6) is 0 Å². The summed E-state index contributed by atoms with van der Waals surface area (Å²) in [6.07, 6.45) is 4.77. The first-order valence-electron chi connectivity index (χ1n) is 5.84. The van der Waals surface area contributed by atoms with Gasteiger partial charge in [-0.05, 0) is 37.6 Å². The molecule has 100 valence electrons. The van der Waals surface area contributed by atoms with Crippen molar-refractivity contribution >= 4 is 18.0 Å². The number of imide groups is 1. The summed E-state index contributed by atoms with van der Waals surface area (Å²) >= 11 is 0. The first-order valence-corrected chi connectivity index (χ1v) is 5.84. The predicted molar refractivity (Wildman–Crippen MR) is 68.8 cm³/mol. The third-order valence-electron chi connectivity index (χ3n) is 2.52. The van der Waals surface area contributed by atoms with Crippen LogP contribution in [-0.2, 0) is 4.79 Å². The van der Waals surface area contributed by atoms with Crippen molar-refractivity contribution in [3.63, 3.8) is 0 Å². The third-order valence-corrected chi connectivity index (χ3v) is 2.52. The highest BCUT2D eigenvalue weighted by Gasteiger charge is 2.36. The average molecular weight is 261 g/mol. The Kier molecular flexibility index (Phi) is 3.35. The van der Waals surface area contributed by atoms with Gasteiger partial charge in [-0.2, -0.15) is 0 Å². The van der Waals surface area contributed by atoms with Crippen LogP contribution in [-0.4, -0.2) is 39.1 Å². The van der Waals surface area contributed by atoms with Gasteiger partial charge in [0.05, 0.1) is 12.1 Å². The van der Waals surface area contributed by atoms with Crippen molar-refractivity contribution in [1.82, 2.24) is 15.2 Å². The van der Waals surface area contributed by atoms with E-state index < -0.39 is 17.5 Å². The number of carbonyl (C=O) groups excluding carboxylic acids is 2. The second-order valence-corrected chi connectivity index (χ2v) is 4.97. The van der Waals surface area contributed by atoms with E-state index in [0.29, 0.717) is 0 Å². The van der Waals surface area contributed by atoms with Crippen LogP contribution >= 0.6 is 0 Å². The van der Waals surface area contributed by atoms with Gasteiger partial charge >= 0.3 is 6.03 Å². The van der Waals surface area contributed by atoms with Crippen LogP contribution in [0.4, 0.5) is 4.79 Å². The van der Waals surface area contributed by atoms with Crippen LogP contribution in [0.1, 0.15) is 19.4 Å². The van der Waals surface area contributed by atoms with Crippen LogP contribution in [0.2, 0.25) is 0 Å². The van der Waals surface area contributed by atoms with E-state index in [9.17, 15) is 14.7 Å². The lowest BCUT2D eigenvalue weighted by atomic mass is 10.1. The Balaban J connectivity index is 2.21. The number of rotatable bonds is 3. The number of aliphatic hydroxyl groups is 1. The molecule has 0 atom stereocenters. The van der Waals surface area contributed by atoms with Gasteiger partial charge in [-0.15, -0.1) is 0 Å². The normalized spacial score (nSPS) is 18.1. The number of β-amino-alcohol motifs (C(OH)–C–C–N with tert-alkyl or cyclic N) is 1. The minimum atomic E-state index is -1.13. The molecule has 1 saturated heterocycles. The fraction of sp³-hybridized carbons (Fsp3) is 0.308. The highest BCUT2D eigenvalue weighted by molar-refractivity contribution is 6.14. The Bertz CT molecular complexity index is 532. The van der Waals surface area contributed by atoms with Crippen molar-refractivity contribution in [3.05, 3.63) is 35.8 Å². The van der Waals surface area contributed by atoms with E-state index in [4.69, 9.17) is 0 Å². The predicted octanol–water partition coefficient (Wildman–Crippen LogP) is 0.745. The summed E-state index contributed by atoms with van der Waals surface area (Å²) in [6, 6.07) is 2.93. The van der Waals surface area contributed by atoms with Crippen LogP contribution in [0, 0.1) is 0 Å². The molecule has 1 aromatic heterocycles. The van der Waals surface area contributed by atoms with Crippen LogP contribution in [0.25, 0.3) is 6.08 Å². The second kappa shape index (κ2) is 4.81. The maximum atomic E-state index is 12.0. The highest BCUT2D eigenvalue weighted by Crippen LogP contribution is 2.16. The molecule has 6 nitrogen and oxygen atoms in total. The molecular formula is C13H15N3O3. The van der Waals surface area contributed by atoms with Crippen molar-refractivity contribution < 1.29 is 14.7 Å². The van der Waals surface area contributed by atoms with E-state index >= 15 is 0 Å². The van der Waals surface area contributed by atoms with Gasteiger partial charge in [-0.3, -0.25) is 14.7 Å². The quantitative estimate of drug-likeness (QED) is 0.621. The summed E-state index contributed by atoms with van der Waals surface area (Å²) in [4.78, 5) is 28.6. The molecule has 1 fully saturated rings. The van der Waals surface area contributed by atoms with E-state index in [1.54, 1.807) is 30.6 Å². The first kappa shape index (κ1) is 13.2. The Morgan fingerprint density at radius 2 is 2.00 bits per heavy atom. The maximum absolute atomic E-state index is 12.0. The number of urea groups is 1. The van der Waals surface area contributed by atoms with Gasteiger partial charge < -0.3 is 10.4 Å². The number of hydrogen-bond acceptors (Lipinski definition) is 4. The first-order chi connectivity index (χ1) is 8.87. The molecule has 0 aromatic carbocycles. The van der Waals surface area contributed by atoms with E-state index in [-0.39, 0.29) is 12.2 Å². The lowest BCUT2D eigenvalue weighted by Crippen LogP contribution is -2.42. The molecule has 6 heteroatoms. The number of pyridine rings is 1. The van der Waals surface area contributed by atoms with E-state index in [1.807, 2.05) is 0 Å². The average Bonchev–Trinajstić information content (AvgIpc) is 2.57. The minimum absolute atomic E-state index is 0.0502. The molecule has 1 aromatic rings. The van der Waals surface area contributed by atoms with Crippen molar-refractivity contribution in [2.24, 2.45) is 0 Å². The minimum Gasteiger partial charge on any atom is -0.389 e. The van der Waals surface area contributed by atoms with Gasteiger partial charge in [0.2, 0.25) is 0 Å². The molecule has 2 heterocycles. The number of nitrogens with zero attached hydrogens (tertiary/aromatic N) is 2. The van der Waals surface area contributed by atoms with Crippen molar-refractivity contribution in [3.8, 4) is 0 Å². The smallest absolute Gasteiger partial charge is 0.329 e. The Labute approximate surface area is 110 Å². The van der Waals surface area contributed by atoms with Crippen molar-refractivity contribution in [1.29, 1.82) is 0 Å². The van der Waals surface area contributed by atoms with Gasteiger partial charge in [-0.1, -0.05) is 0 Å². The lowest BCUT2D eigenvalue weighted by Gasteiger charge is -2.22. The van der Waals surface area contributed by atoms with Crippen LogP contribution in [0.3, 0.4) is 0 Å². The molecule has 1 aliphatic heterocycles. The van der Waals surface area contributed by atoms with Crippen molar-refractivity contribution in [2.75, 3.05) is 6.54 Å². The number of hydrogen-bond donors (Lipinski definition) is 2. The Morgan fingerprint density at radius 1 is 1.37 bits per heavy atom. The van der Waals surface area contributed by atoms with E-state index in [2.05, 4.69) is 10.3 Å². The lowest BCUT2D eigenvalue weighted by molar-refractivity contribution is -0.124. The van der Waals surface area contributed by atoms with Gasteiger partial charge in [0.25, 0.3) is 5.91 Å². The summed E-state index contributed by atoms with van der Waals surface area (Å²) in [5.74, 6) is -0.441. The van der Waals surface area contributed by atoms with Gasteiger partial charge in [0.15, 0.2) is 0 Å². The SMILES string of the molecule is CC(C)(O)CN1C(=O)N/C(=C\c2ccncc2)C1=O. The maximum Gasteiger partial charge on any atom is 0.329 e. The van der Waals surface area contributed by atoms with Crippen LogP contribution in [0.15, 0.2) is 30.2 Å². The number of carbonyl (C=O) groups is 2. The molecule has 0 unspecified atom stereocenters. The number of aromatic nitrogens is 1. The topological polar surface area (TPSA) is 82.5 Å². The Morgan fingerprint density at radius 3 is 2.58 bits per heavy atom. The summed E-state index contributed by atoms with van der Waals surface area (Å²) in [6.45, 7) is 3.03. The summed E-state index contributed by atoms with van der Waals surface area (Å²) < 4.78 is 0. The third kappa shape index (κ3) is 3.17.